The maximum Gasteiger partial charge on any atom is 0.418 e. The number of rotatable bonds is 6. The average molecular weight is 381 g/mol. The molecule has 0 aromatic carbocycles. The highest BCUT2D eigenvalue weighted by Gasteiger charge is 2.40. The molecule has 1 aromatic rings. The molecule has 0 unspecified atom stereocenters. The number of nitrogens with zero attached hydrogens (tertiary/aromatic N) is 3. The van der Waals surface area contributed by atoms with Crippen LogP contribution in [0.3, 0.4) is 0 Å². The molecular formula is C15H13F6N3O2. The first-order valence-corrected chi connectivity index (χ1v) is 7.21. The zero-order chi connectivity index (χ0) is 20.2. The van der Waals surface area contributed by atoms with E-state index in [4.69, 9.17) is 10.5 Å². The summed E-state index contributed by atoms with van der Waals surface area (Å²) in [7, 11) is 0. The molecule has 0 spiro atoms. The van der Waals surface area contributed by atoms with E-state index in [1.165, 1.54) is 19.1 Å². The van der Waals surface area contributed by atoms with Gasteiger partial charge < -0.3 is 9.30 Å². The number of alkyl halides is 6. The normalized spacial score (nSPS) is 12.3. The van der Waals surface area contributed by atoms with Crippen molar-refractivity contribution in [1.82, 2.24) is 4.57 Å². The monoisotopic (exact) mass is 381 g/mol. The maximum absolute atomic E-state index is 13.1. The lowest BCUT2D eigenvalue weighted by Gasteiger charge is -2.20. The summed E-state index contributed by atoms with van der Waals surface area (Å²) in [6.07, 6.45) is -10.8. The van der Waals surface area contributed by atoms with Gasteiger partial charge in [-0.3, -0.25) is 0 Å². The Kier molecular flexibility index (Phi) is 6.31. The molecule has 0 aliphatic heterocycles. The summed E-state index contributed by atoms with van der Waals surface area (Å²) in [6, 6.07) is 2.86. The number of nitriles is 2. The van der Waals surface area contributed by atoms with Gasteiger partial charge in [0.1, 0.15) is 0 Å². The van der Waals surface area contributed by atoms with Crippen molar-refractivity contribution in [3.8, 4) is 12.1 Å². The molecule has 1 rings (SSSR count). The number of halogens is 6. The molecule has 11 heteroatoms. The predicted octanol–water partition coefficient (Wildman–Crippen LogP) is 4.06. The Balaban J connectivity index is 3.24. The van der Waals surface area contributed by atoms with E-state index >= 15 is 0 Å². The lowest BCUT2D eigenvalue weighted by molar-refractivity contribution is -0.138. The lowest BCUT2D eigenvalue weighted by Crippen LogP contribution is -2.25. The molecule has 0 saturated carbocycles. The molecule has 26 heavy (non-hydrogen) atoms. The summed E-state index contributed by atoms with van der Waals surface area (Å²) >= 11 is 0. The van der Waals surface area contributed by atoms with E-state index in [9.17, 15) is 31.1 Å². The highest BCUT2D eigenvalue weighted by atomic mass is 19.4. The number of hydrogen-bond acceptors (Lipinski definition) is 4. The third-order valence-corrected chi connectivity index (χ3v) is 3.40. The fourth-order valence-corrected chi connectivity index (χ4v) is 2.15. The van der Waals surface area contributed by atoms with Crippen LogP contribution in [-0.2, 0) is 17.5 Å². The first kappa shape index (κ1) is 21.4. The van der Waals surface area contributed by atoms with Crippen LogP contribution in [-0.4, -0.2) is 23.3 Å². The number of aromatic nitrogens is 1. The van der Waals surface area contributed by atoms with E-state index in [1.54, 1.807) is 0 Å². The average Bonchev–Trinajstić information content (AvgIpc) is 2.95. The highest BCUT2D eigenvalue weighted by Crippen LogP contribution is 2.36. The van der Waals surface area contributed by atoms with Gasteiger partial charge in [0.05, 0.1) is 36.4 Å². The van der Waals surface area contributed by atoms with Crippen LogP contribution in [0.5, 0.6) is 0 Å². The van der Waals surface area contributed by atoms with Gasteiger partial charge in [-0.1, -0.05) is 0 Å². The van der Waals surface area contributed by atoms with Gasteiger partial charge in [-0.25, -0.2) is 4.79 Å². The number of ether oxygens (including phenoxy) is 1. The molecule has 0 bridgehead atoms. The van der Waals surface area contributed by atoms with Gasteiger partial charge in [-0.05, 0) is 13.3 Å². The van der Waals surface area contributed by atoms with Crippen molar-refractivity contribution >= 4 is 5.97 Å². The Bertz CT molecular complexity index is 723. The Morgan fingerprint density at radius 1 is 1.12 bits per heavy atom. The van der Waals surface area contributed by atoms with Crippen molar-refractivity contribution in [3.05, 3.63) is 23.5 Å². The van der Waals surface area contributed by atoms with Gasteiger partial charge in [0.2, 0.25) is 0 Å². The second kappa shape index (κ2) is 7.68. The number of hydrogen-bond donors (Lipinski definition) is 0. The molecule has 0 atom stereocenters. The van der Waals surface area contributed by atoms with Gasteiger partial charge in [-0.2, -0.15) is 36.9 Å². The molecule has 0 radical (unpaired) electrons. The van der Waals surface area contributed by atoms with Crippen molar-refractivity contribution in [2.45, 2.75) is 38.7 Å². The van der Waals surface area contributed by atoms with Crippen molar-refractivity contribution in [2.24, 2.45) is 5.41 Å². The molecule has 0 aliphatic carbocycles. The molecule has 0 N–H and O–H groups in total. The van der Waals surface area contributed by atoms with Gasteiger partial charge in [0, 0.05) is 18.8 Å². The molecular weight excluding hydrogens is 368 g/mol. The standard InChI is InChI=1S/C15H13F6N3O2/c1-2-26-12(25)10-5-24(6-11(10)15(19,20)21)9-13(7-22,8-23)3-4-14(16,17)18/h5-6H,2-4,9H2,1H3. The Hall–Kier alpha value is -2.69. The van der Waals surface area contributed by atoms with Crippen LogP contribution in [0, 0.1) is 28.1 Å². The molecule has 1 heterocycles. The fraction of sp³-hybridized carbons (Fsp3) is 0.533. The van der Waals surface area contributed by atoms with E-state index in [2.05, 4.69) is 4.74 Å². The first-order chi connectivity index (χ1) is 11.9. The maximum atomic E-state index is 13.1. The zero-order valence-corrected chi connectivity index (χ0v) is 13.4. The van der Waals surface area contributed by atoms with Crippen LogP contribution >= 0.6 is 0 Å². The summed E-state index contributed by atoms with van der Waals surface area (Å²) < 4.78 is 81.5. The quantitative estimate of drug-likeness (QED) is 0.550. The summed E-state index contributed by atoms with van der Waals surface area (Å²) in [5.74, 6) is -1.27. The van der Waals surface area contributed by atoms with Crippen molar-refractivity contribution in [1.29, 1.82) is 10.5 Å². The smallest absolute Gasteiger partial charge is 0.418 e. The van der Waals surface area contributed by atoms with E-state index in [0.717, 1.165) is 0 Å². The molecule has 142 valence electrons. The van der Waals surface area contributed by atoms with Crippen LogP contribution in [0.4, 0.5) is 26.3 Å². The second-order valence-electron chi connectivity index (χ2n) is 5.40. The van der Waals surface area contributed by atoms with Gasteiger partial charge in [-0.15, -0.1) is 0 Å². The van der Waals surface area contributed by atoms with Crippen LogP contribution < -0.4 is 0 Å². The Morgan fingerprint density at radius 2 is 1.69 bits per heavy atom. The predicted molar refractivity (Wildman–Crippen MR) is 74.3 cm³/mol. The van der Waals surface area contributed by atoms with E-state index in [0.29, 0.717) is 17.0 Å². The summed E-state index contributed by atoms with van der Waals surface area (Å²) in [5, 5.41) is 18.2. The topological polar surface area (TPSA) is 78.8 Å². The number of carbonyl (C=O) groups is 1. The number of carbonyl (C=O) groups excluding carboxylic acids is 1. The molecule has 5 nitrogen and oxygen atoms in total. The van der Waals surface area contributed by atoms with Gasteiger partial charge in [0.25, 0.3) is 0 Å². The van der Waals surface area contributed by atoms with E-state index in [1.807, 2.05) is 0 Å². The van der Waals surface area contributed by atoms with Crippen molar-refractivity contribution in [2.75, 3.05) is 6.61 Å². The summed E-state index contributed by atoms with van der Waals surface area (Å²) in [6.45, 7) is 0.432. The third-order valence-electron chi connectivity index (χ3n) is 3.40. The SMILES string of the molecule is CCOC(=O)c1cn(CC(C#N)(C#N)CCC(F)(F)F)cc1C(F)(F)F. The zero-order valence-electron chi connectivity index (χ0n) is 13.4. The minimum absolute atomic E-state index is 0.187. The van der Waals surface area contributed by atoms with Crippen LogP contribution in [0.25, 0.3) is 0 Å². The minimum Gasteiger partial charge on any atom is -0.462 e. The number of esters is 1. The van der Waals surface area contributed by atoms with E-state index < -0.39 is 54.3 Å². The van der Waals surface area contributed by atoms with Crippen molar-refractivity contribution in [3.63, 3.8) is 0 Å². The van der Waals surface area contributed by atoms with Crippen molar-refractivity contribution < 1.29 is 35.9 Å². The third kappa shape index (κ3) is 5.41. The summed E-state index contributed by atoms with van der Waals surface area (Å²) in [4.78, 5) is 11.7. The van der Waals surface area contributed by atoms with Gasteiger partial charge in [0.15, 0.2) is 5.41 Å². The molecule has 1 aromatic heterocycles. The van der Waals surface area contributed by atoms with Gasteiger partial charge >= 0.3 is 18.3 Å². The van der Waals surface area contributed by atoms with Crippen LogP contribution in [0.2, 0.25) is 0 Å². The minimum atomic E-state index is -4.93. The molecule has 0 saturated heterocycles. The largest absolute Gasteiger partial charge is 0.462 e. The van der Waals surface area contributed by atoms with Crippen LogP contribution in [0.15, 0.2) is 12.4 Å². The lowest BCUT2D eigenvalue weighted by atomic mass is 9.86. The fourth-order valence-electron chi connectivity index (χ4n) is 2.15. The molecule has 0 aliphatic rings. The second-order valence-corrected chi connectivity index (χ2v) is 5.40. The Morgan fingerprint density at radius 3 is 2.12 bits per heavy atom. The molecule has 0 fully saturated rings. The van der Waals surface area contributed by atoms with E-state index in [-0.39, 0.29) is 6.61 Å². The molecule has 0 amide bonds. The Labute approximate surface area is 144 Å². The van der Waals surface area contributed by atoms with Crippen LogP contribution in [0.1, 0.15) is 35.7 Å². The first-order valence-electron chi connectivity index (χ1n) is 7.21. The highest BCUT2D eigenvalue weighted by molar-refractivity contribution is 5.91. The summed E-state index contributed by atoms with van der Waals surface area (Å²) in [5.41, 5.74) is -4.42.